The molecular formula is C22H26ClNO5. The van der Waals surface area contributed by atoms with Gasteiger partial charge >= 0.3 is 11.9 Å². The quantitative estimate of drug-likeness (QED) is 0.445. The molecule has 0 amide bonds. The van der Waals surface area contributed by atoms with Crippen molar-refractivity contribution in [1.82, 2.24) is 0 Å². The second-order valence-corrected chi connectivity index (χ2v) is 7.67. The Balaban J connectivity index is 0.00000420. The van der Waals surface area contributed by atoms with Crippen LogP contribution in [-0.2, 0) is 4.79 Å². The molecule has 2 N–H and O–H groups in total. The lowest BCUT2D eigenvalue weighted by Crippen LogP contribution is -2.42. The molecule has 6 nitrogen and oxygen atoms in total. The Morgan fingerprint density at radius 1 is 0.966 bits per heavy atom. The molecule has 0 radical (unpaired) electrons. The van der Waals surface area contributed by atoms with Crippen molar-refractivity contribution in [2.45, 2.75) is 40.7 Å². The van der Waals surface area contributed by atoms with Gasteiger partial charge < -0.3 is 15.2 Å². The molecule has 0 aromatic heterocycles. The molecule has 1 unspecified atom stereocenters. The maximum atomic E-state index is 12.7. The summed E-state index contributed by atoms with van der Waals surface area (Å²) in [5, 5.41) is 0. The number of ketones is 1. The Morgan fingerprint density at radius 2 is 1.59 bits per heavy atom. The molecule has 2 aromatic rings. The third kappa shape index (κ3) is 6.14. The van der Waals surface area contributed by atoms with Gasteiger partial charge in [0.15, 0.2) is 17.3 Å². The van der Waals surface area contributed by atoms with E-state index >= 15 is 0 Å². The molecule has 0 bridgehead atoms. The highest BCUT2D eigenvalue weighted by Crippen LogP contribution is 2.31. The number of halogens is 1. The van der Waals surface area contributed by atoms with Gasteiger partial charge in [-0.3, -0.25) is 9.59 Å². The van der Waals surface area contributed by atoms with E-state index < -0.39 is 23.4 Å². The van der Waals surface area contributed by atoms with Crippen LogP contribution in [-0.4, -0.2) is 23.8 Å². The highest BCUT2D eigenvalue weighted by atomic mass is 35.5. The van der Waals surface area contributed by atoms with Crippen LogP contribution in [0.5, 0.6) is 11.5 Å². The Labute approximate surface area is 176 Å². The number of hydrogen-bond donors (Lipinski definition) is 1. The Hall–Kier alpha value is -2.70. The monoisotopic (exact) mass is 419 g/mol. The van der Waals surface area contributed by atoms with E-state index in [1.54, 1.807) is 25.1 Å². The van der Waals surface area contributed by atoms with Crippen LogP contribution in [0.2, 0.25) is 0 Å². The topological polar surface area (TPSA) is 95.7 Å². The molecule has 7 heteroatoms. The largest absolute Gasteiger partial charge is 0.423 e. The number of Topliss-reactive ketones (excluding diaryl/α,β-unsaturated/α-hetero) is 1. The average molecular weight is 420 g/mol. The highest BCUT2D eigenvalue weighted by molar-refractivity contribution is 6.01. The minimum Gasteiger partial charge on any atom is -0.423 e. The van der Waals surface area contributed by atoms with Crippen LogP contribution in [0.25, 0.3) is 0 Å². The van der Waals surface area contributed by atoms with Gasteiger partial charge in [0.1, 0.15) is 0 Å². The first-order valence-corrected chi connectivity index (χ1v) is 8.90. The predicted molar refractivity (Wildman–Crippen MR) is 113 cm³/mol. The van der Waals surface area contributed by atoms with Crippen molar-refractivity contribution in [3.63, 3.8) is 0 Å². The molecular weight excluding hydrogens is 394 g/mol. The van der Waals surface area contributed by atoms with Gasteiger partial charge in [0.25, 0.3) is 0 Å². The molecule has 0 aliphatic rings. The lowest BCUT2D eigenvalue weighted by Gasteiger charge is -2.25. The van der Waals surface area contributed by atoms with Gasteiger partial charge in [-0.05, 0) is 42.2 Å². The number of ether oxygens (including phenoxy) is 2. The fraction of sp³-hybridized carbons (Fsp3) is 0.318. The number of rotatable bonds is 5. The Morgan fingerprint density at radius 3 is 2.14 bits per heavy atom. The van der Waals surface area contributed by atoms with Crippen LogP contribution in [0.15, 0.2) is 42.5 Å². The van der Waals surface area contributed by atoms with E-state index in [1.165, 1.54) is 25.1 Å². The van der Waals surface area contributed by atoms with Gasteiger partial charge in [0.05, 0.1) is 11.6 Å². The van der Waals surface area contributed by atoms with Gasteiger partial charge in [0.2, 0.25) is 0 Å². The summed E-state index contributed by atoms with van der Waals surface area (Å²) in [4.78, 5) is 36.7. The molecule has 0 spiro atoms. The van der Waals surface area contributed by atoms with Crippen molar-refractivity contribution in [2.75, 3.05) is 0 Å². The molecule has 2 rings (SSSR count). The van der Waals surface area contributed by atoms with Gasteiger partial charge in [0, 0.05) is 12.5 Å². The summed E-state index contributed by atoms with van der Waals surface area (Å²) in [6.45, 7) is 8.61. The SMILES string of the molecule is CC(=O)Oc1ccc(C(=O)C(N)C(C)(C)C)cc1OC(=O)c1ccccc1C.Cl. The van der Waals surface area contributed by atoms with Crippen molar-refractivity contribution < 1.29 is 23.9 Å². The zero-order valence-electron chi connectivity index (χ0n) is 17.1. The Bertz CT molecular complexity index is 918. The fourth-order valence-corrected chi connectivity index (χ4v) is 2.51. The molecule has 0 aliphatic carbocycles. The highest BCUT2D eigenvalue weighted by Gasteiger charge is 2.29. The van der Waals surface area contributed by atoms with Crippen molar-refractivity contribution in [1.29, 1.82) is 0 Å². The first kappa shape index (κ1) is 24.3. The van der Waals surface area contributed by atoms with E-state index in [4.69, 9.17) is 15.2 Å². The first-order chi connectivity index (χ1) is 13.0. The third-order valence-electron chi connectivity index (χ3n) is 4.27. The third-order valence-corrected chi connectivity index (χ3v) is 4.27. The number of nitrogens with two attached hydrogens (primary N) is 1. The molecule has 0 saturated heterocycles. The average Bonchev–Trinajstić information content (AvgIpc) is 2.61. The first-order valence-electron chi connectivity index (χ1n) is 8.90. The van der Waals surface area contributed by atoms with Crippen LogP contribution < -0.4 is 15.2 Å². The standard InChI is InChI=1S/C22H25NO5.ClH/c1-13-8-6-7-9-16(13)21(26)28-18-12-15(10-11-17(18)27-14(2)24)19(25)20(23)22(3,4)5;/h6-12,20H,23H2,1-5H3;1H. The molecule has 0 saturated carbocycles. The predicted octanol–water partition coefficient (Wildman–Crippen LogP) is 4.12. The molecule has 156 valence electrons. The summed E-state index contributed by atoms with van der Waals surface area (Å²) in [5.74, 6) is -1.45. The van der Waals surface area contributed by atoms with Gasteiger partial charge in [-0.1, -0.05) is 39.0 Å². The molecule has 29 heavy (non-hydrogen) atoms. The number of hydrogen-bond acceptors (Lipinski definition) is 6. The number of aryl methyl sites for hydroxylation is 1. The van der Waals surface area contributed by atoms with Crippen molar-refractivity contribution >= 4 is 30.1 Å². The lowest BCUT2D eigenvalue weighted by atomic mass is 9.83. The zero-order chi connectivity index (χ0) is 21.1. The van der Waals surface area contributed by atoms with Crippen LogP contribution in [0.1, 0.15) is 54.0 Å². The van der Waals surface area contributed by atoms with Gasteiger partial charge in [-0.25, -0.2) is 4.79 Å². The number of carbonyl (C=O) groups excluding carboxylic acids is 3. The summed E-state index contributed by atoms with van der Waals surface area (Å²) in [5.41, 5.74) is 7.01. The van der Waals surface area contributed by atoms with E-state index in [1.807, 2.05) is 26.8 Å². The van der Waals surface area contributed by atoms with Crippen molar-refractivity contribution in [3.8, 4) is 11.5 Å². The molecule has 0 aliphatic heterocycles. The summed E-state index contributed by atoms with van der Waals surface area (Å²) in [6.07, 6.45) is 0. The molecule has 0 heterocycles. The van der Waals surface area contributed by atoms with Gasteiger partial charge in [-0.2, -0.15) is 0 Å². The minimum atomic E-state index is -0.744. The zero-order valence-corrected chi connectivity index (χ0v) is 18.0. The normalized spacial score (nSPS) is 11.8. The molecule has 2 aromatic carbocycles. The molecule has 1 atom stereocenters. The van der Waals surface area contributed by atoms with Crippen LogP contribution >= 0.6 is 12.4 Å². The summed E-state index contributed by atoms with van der Waals surface area (Å²) < 4.78 is 10.6. The van der Waals surface area contributed by atoms with Crippen LogP contribution in [0, 0.1) is 12.3 Å². The van der Waals surface area contributed by atoms with Gasteiger partial charge in [-0.15, -0.1) is 12.4 Å². The number of benzene rings is 2. The maximum Gasteiger partial charge on any atom is 0.343 e. The minimum absolute atomic E-state index is 0. The molecule has 0 fully saturated rings. The Kier molecular flexibility index (Phi) is 8.12. The summed E-state index contributed by atoms with van der Waals surface area (Å²) in [6, 6.07) is 10.5. The fourth-order valence-electron chi connectivity index (χ4n) is 2.51. The summed E-state index contributed by atoms with van der Waals surface area (Å²) in [7, 11) is 0. The van der Waals surface area contributed by atoms with E-state index in [2.05, 4.69) is 0 Å². The number of carbonyl (C=O) groups is 3. The van der Waals surface area contributed by atoms with Crippen LogP contribution in [0.3, 0.4) is 0 Å². The second kappa shape index (κ2) is 9.67. The van der Waals surface area contributed by atoms with Crippen molar-refractivity contribution in [3.05, 3.63) is 59.2 Å². The van der Waals surface area contributed by atoms with Crippen molar-refractivity contribution in [2.24, 2.45) is 11.1 Å². The van der Waals surface area contributed by atoms with E-state index in [-0.39, 0.29) is 35.3 Å². The maximum absolute atomic E-state index is 12.7. The summed E-state index contributed by atoms with van der Waals surface area (Å²) >= 11 is 0. The smallest absolute Gasteiger partial charge is 0.343 e. The lowest BCUT2D eigenvalue weighted by molar-refractivity contribution is -0.132. The van der Waals surface area contributed by atoms with E-state index in [0.29, 0.717) is 5.56 Å². The van der Waals surface area contributed by atoms with E-state index in [9.17, 15) is 14.4 Å². The van der Waals surface area contributed by atoms with Crippen LogP contribution in [0.4, 0.5) is 0 Å². The second-order valence-electron chi connectivity index (χ2n) is 7.67. The number of esters is 2. The van der Waals surface area contributed by atoms with E-state index in [0.717, 1.165) is 5.56 Å².